The van der Waals surface area contributed by atoms with Crippen LogP contribution in [0.15, 0.2) is 217 Å². The predicted octanol–water partition coefficient (Wildman–Crippen LogP) is 15.5. The zero-order chi connectivity index (χ0) is 41.9. The van der Waals surface area contributed by atoms with E-state index in [-0.39, 0.29) is 0 Å². The Hall–Kier alpha value is -8.12. The van der Waals surface area contributed by atoms with Gasteiger partial charge < -0.3 is 4.42 Å². The Morgan fingerprint density at radius 3 is 1.89 bits per heavy atom. The number of benzene rings is 9. The summed E-state index contributed by atoms with van der Waals surface area (Å²) >= 11 is 1.82. The number of furan rings is 1. The van der Waals surface area contributed by atoms with Crippen LogP contribution in [0.3, 0.4) is 0 Å². The van der Waals surface area contributed by atoms with Crippen molar-refractivity contribution >= 4 is 75.3 Å². The molecule has 1 aliphatic carbocycles. The van der Waals surface area contributed by atoms with Crippen molar-refractivity contribution in [2.75, 3.05) is 0 Å². The topological polar surface area (TPSA) is 43.9 Å². The standard InChI is InChI=1S/C59H35N3OS/c1-3-16-36(17-4-1)49-35-50(45-25-15-24-44-42-23-10-14-29-54(42)64-57(44)45)61-58(60-49)62-51-33-32-43-41-22-9-13-28-53(41)63-56(43)55(51)46-31-30-38(34-52(46)62)59(37-18-5-2-6-19-37)47-26-11-7-20-39(47)40-21-8-12-27-48(40)59/h1-35H. The summed E-state index contributed by atoms with van der Waals surface area (Å²) in [5.74, 6) is 0.600. The molecule has 0 saturated heterocycles. The number of hydrogen-bond acceptors (Lipinski definition) is 4. The van der Waals surface area contributed by atoms with Crippen molar-refractivity contribution in [1.29, 1.82) is 0 Å². The summed E-state index contributed by atoms with van der Waals surface area (Å²) in [6, 6.07) is 76.6. The Morgan fingerprint density at radius 2 is 1.08 bits per heavy atom. The Bertz CT molecular complexity index is 3980. The van der Waals surface area contributed by atoms with Gasteiger partial charge in [0.05, 0.1) is 33.2 Å². The first-order chi connectivity index (χ1) is 31.7. The van der Waals surface area contributed by atoms with Gasteiger partial charge >= 0.3 is 0 Å². The molecule has 4 nitrogen and oxygen atoms in total. The number of rotatable bonds is 5. The molecule has 0 fully saturated rings. The molecular formula is C59H35N3OS. The number of para-hydroxylation sites is 1. The summed E-state index contributed by atoms with van der Waals surface area (Å²) in [6.45, 7) is 0. The van der Waals surface area contributed by atoms with Gasteiger partial charge in [-0.1, -0.05) is 176 Å². The van der Waals surface area contributed by atoms with Crippen LogP contribution in [-0.2, 0) is 5.41 Å². The highest BCUT2D eigenvalue weighted by molar-refractivity contribution is 7.26. The maximum Gasteiger partial charge on any atom is 0.235 e. The lowest BCUT2D eigenvalue weighted by molar-refractivity contribution is 0.673. The third-order valence-electron chi connectivity index (χ3n) is 13.5. The van der Waals surface area contributed by atoms with Gasteiger partial charge in [0.1, 0.15) is 11.2 Å². The van der Waals surface area contributed by atoms with Crippen LogP contribution in [0.5, 0.6) is 0 Å². The second kappa shape index (κ2) is 13.4. The van der Waals surface area contributed by atoms with Crippen molar-refractivity contribution in [1.82, 2.24) is 14.5 Å². The molecule has 1 aliphatic rings. The van der Waals surface area contributed by atoms with Crippen molar-refractivity contribution in [2.24, 2.45) is 0 Å². The third kappa shape index (κ3) is 4.87. The fraction of sp³-hybridized carbons (Fsp3) is 0.0169. The number of aromatic nitrogens is 3. The number of thiophene rings is 1. The molecule has 0 amide bonds. The smallest absolute Gasteiger partial charge is 0.235 e. The summed E-state index contributed by atoms with van der Waals surface area (Å²) in [6.07, 6.45) is 0. The molecule has 0 saturated carbocycles. The Labute approximate surface area is 372 Å². The summed E-state index contributed by atoms with van der Waals surface area (Å²) < 4.78 is 11.6. The second-order valence-electron chi connectivity index (χ2n) is 16.8. The number of fused-ring (bicyclic) bond motifs is 13. The van der Waals surface area contributed by atoms with Crippen LogP contribution in [0.1, 0.15) is 22.3 Å². The quantitative estimate of drug-likeness (QED) is 0.173. The third-order valence-corrected chi connectivity index (χ3v) is 14.7. The maximum atomic E-state index is 6.85. The highest BCUT2D eigenvalue weighted by Gasteiger charge is 2.46. The van der Waals surface area contributed by atoms with Crippen molar-refractivity contribution < 1.29 is 4.42 Å². The van der Waals surface area contributed by atoms with Crippen molar-refractivity contribution in [3.63, 3.8) is 0 Å². The Balaban J connectivity index is 1.12. The van der Waals surface area contributed by atoms with Gasteiger partial charge in [-0.3, -0.25) is 4.57 Å². The molecule has 0 radical (unpaired) electrons. The first-order valence-corrected chi connectivity index (χ1v) is 22.5. The molecule has 5 heteroatoms. The van der Waals surface area contributed by atoms with E-state index < -0.39 is 5.41 Å². The van der Waals surface area contributed by atoms with Crippen molar-refractivity contribution in [3.8, 4) is 39.6 Å². The first-order valence-electron chi connectivity index (χ1n) is 21.7. The first kappa shape index (κ1) is 35.5. The molecular weight excluding hydrogens is 799 g/mol. The minimum absolute atomic E-state index is 0.590. The SMILES string of the molecule is c1ccc(-c2cc(-c3cccc4c3sc3ccccc34)nc(-n3c4cc(C5(c6ccccc6)c6ccccc6-c6ccccc65)ccc4c4c5oc6ccccc6c5ccc43)n2)cc1. The van der Waals surface area contributed by atoms with Gasteiger partial charge in [0, 0.05) is 47.5 Å². The average molecular weight is 834 g/mol. The van der Waals surface area contributed by atoms with E-state index in [0.717, 1.165) is 66.3 Å². The highest BCUT2D eigenvalue weighted by atomic mass is 32.1. The van der Waals surface area contributed by atoms with Crippen LogP contribution >= 0.6 is 11.3 Å². The Kier molecular flexibility index (Phi) is 7.45. The lowest BCUT2D eigenvalue weighted by Crippen LogP contribution is -2.28. The molecule has 0 bridgehead atoms. The van der Waals surface area contributed by atoms with E-state index in [1.165, 1.54) is 53.6 Å². The molecule has 298 valence electrons. The van der Waals surface area contributed by atoms with Gasteiger partial charge in [0.15, 0.2) is 0 Å². The minimum Gasteiger partial charge on any atom is -0.455 e. The molecule has 4 heterocycles. The zero-order valence-electron chi connectivity index (χ0n) is 34.4. The van der Waals surface area contributed by atoms with Crippen LogP contribution in [0.4, 0.5) is 0 Å². The van der Waals surface area contributed by atoms with E-state index in [2.05, 4.69) is 211 Å². The predicted molar refractivity (Wildman–Crippen MR) is 265 cm³/mol. The maximum absolute atomic E-state index is 6.85. The molecule has 13 aromatic rings. The summed E-state index contributed by atoms with van der Waals surface area (Å²) in [5.41, 5.74) is 14.4. The van der Waals surface area contributed by atoms with Crippen molar-refractivity contribution in [3.05, 3.63) is 235 Å². The Morgan fingerprint density at radius 1 is 0.438 bits per heavy atom. The number of nitrogens with zero attached hydrogens (tertiary/aromatic N) is 3. The summed E-state index contributed by atoms with van der Waals surface area (Å²) in [7, 11) is 0. The largest absolute Gasteiger partial charge is 0.455 e. The van der Waals surface area contributed by atoms with Crippen LogP contribution in [-0.4, -0.2) is 14.5 Å². The van der Waals surface area contributed by atoms with E-state index >= 15 is 0 Å². The van der Waals surface area contributed by atoms with Crippen LogP contribution in [0, 0.1) is 0 Å². The van der Waals surface area contributed by atoms with Gasteiger partial charge in [-0.15, -0.1) is 11.3 Å². The molecule has 9 aromatic carbocycles. The van der Waals surface area contributed by atoms with E-state index in [1.54, 1.807) is 0 Å². The fourth-order valence-electron chi connectivity index (χ4n) is 10.8. The summed E-state index contributed by atoms with van der Waals surface area (Å²) in [4.78, 5) is 11.1. The molecule has 64 heavy (non-hydrogen) atoms. The van der Waals surface area contributed by atoms with Crippen LogP contribution < -0.4 is 0 Å². The second-order valence-corrected chi connectivity index (χ2v) is 17.8. The molecule has 4 aromatic heterocycles. The van der Waals surface area contributed by atoms with Gasteiger partial charge in [0.25, 0.3) is 0 Å². The molecule has 0 N–H and O–H groups in total. The molecule has 0 aliphatic heterocycles. The molecule has 14 rings (SSSR count). The van der Waals surface area contributed by atoms with Gasteiger partial charge in [-0.25, -0.2) is 9.97 Å². The molecule has 0 atom stereocenters. The van der Waals surface area contributed by atoms with Crippen LogP contribution in [0.2, 0.25) is 0 Å². The summed E-state index contributed by atoms with van der Waals surface area (Å²) in [5, 5.41) is 6.79. The van der Waals surface area contributed by atoms with E-state index in [0.29, 0.717) is 5.95 Å². The fourth-order valence-corrected chi connectivity index (χ4v) is 12.0. The van der Waals surface area contributed by atoms with E-state index in [4.69, 9.17) is 14.4 Å². The minimum atomic E-state index is -0.590. The van der Waals surface area contributed by atoms with Gasteiger partial charge in [-0.05, 0) is 69.8 Å². The lowest BCUT2D eigenvalue weighted by Gasteiger charge is -2.34. The molecule has 0 spiro atoms. The lowest BCUT2D eigenvalue weighted by atomic mass is 9.67. The monoisotopic (exact) mass is 833 g/mol. The molecule has 0 unspecified atom stereocenters. The van der Waals surface area contributed by atoms with Crippen molar-refractivity contribution in [2.45, 2.75) is 5.41 Å². The average Bonchev–Trinajstić information content (AvgIpc) is 4.11. The van der Waals surface area contributed by atoms with Gasteiger partial charge in [-0.2, -0.15) is 0 Å². The van der Waals surface area contributed by atoms with Crippen LogP contribution in [0.25, 0.3) is 104 Å². The number of hydrogen-bond donors (Lipinski definition) is 0. The zero-order valence-corrected chi connectivity index (χ0v) is 35.2. The van der Waals surface area contributed by atoms with Gasteiger partial charge in [0.2, 0.25) is 5.95 Å². The normalized spacial score (nSPS) is 13.1. The van der Waals surface area contributed by atoms with E-state index in [9.17, 15) is 0 Å². The van der Waals surface area contributed by atoms with E-state index in [1.807, 2.05) is 17.4 Å². The highest BCUT2D eigenvalue weighted by Crippen LogP contribution is 2.56.